The Morgan fingerprint density at radius 3 is 1.88 bits per heavy atom. The maximum Gasteiger partial charge on any atom is 0.0453 e. The average Bonchev–Trinajstić information content (AvgIpc) is 2.35. The average molecular weight is 236 g/mol. The molecule has 0 aromatic heterocycles. The van der Waals surface area contributed by atoms with Crippen molar-refractivity contribution in [1.82, 2.24) is 0 Å². The first-order chi connectivity index (χ1) is 7.97. The monoisotopic (exact) mass is 236 g/mol. The lowest BCUT2D eigenvalue weighted by Gasteiger charge is -2.43. The molecule has 0 saturated carbocycles. The summed E-state index contributed by atoms with van der Waals surface area (Å²) in [5.41, 5.74) is 18.0. The van der Waals surface area contributed by atoms with E-state index in [1.54, 1.807) is 0 Å². The first-order valence-corrected chi connectivity index (χ1v) is 6.97. The summed E-state index contributed by atoms with van der Waals surface area (Å²) in [6, 6.07) is 0. The summed E-state index contributed by atoms with van der Waals surface area (Å²) < 4.78 is 0. The van der Waals surface area contributed by atoms with Gasteiger partial charge in [0.25, 0.3) is 0 Å². The topological polar surface area (TPSA) is 52.0 Å². The minimum atomic E-state index is -0.233. The molecule has 0 aliphatic heterocycles. The van der Waals surface area contributed by atoms with Gasteiger partial charge < -0.3 is 11.5 Å². The van der Waals surface area contributed by atoms with Crippen molar-refractivity contribution in [3.63, 3.8) is 0 Å². The molecule has 98 valence electrons. The fourth-order valence-corrected chi connectivity index (χ4v) is 3.34. The minimum absolute atomic E-state index is 0.233. The molecule has 1 rings (SSSR count). The van der Waals surface area contributed by atoms with Gasteiger partial charge in [0.1, 0.15) is 0 Å². The van der Waals surface area contributed by atoms with Crippen LogP contribution in [0.2, 0.25) is 0 Å². The highest BCUT2D eigenvalue weighted by Gasteiger charge is 2.40. The Kier molecular flexibility index (Phi) is 4.42. The van der Waals surface area contributed by atoms with Crippen molar-refractivity contribution in [2.75, 3.05) is 0 Å². The maximum atomic E-state index is 6.66. The van der Waals surface area contributed by atoms with E-state index in [0.717, 1.165) is 31.4 Å². The molecule has 0 bridgehead atoms. The molecule has 0 aromatic carbocycles. The van der Waals surface area contributed by atoms with Gasteiger partial charge in [-0.25, -0.2) is 0 Å². The molecule has 17 heavy (non-hydrogen) atoms. The Morgan fingerprint density at radius 1 is 1.00 bits per heavy atom. The van der Waals surface area contributed by atoms with E-state index in [1.807, 2.05) is 0 Å². The second kappa shape index (κ2) is 5.26. The van der Waals surface area contributed by atoms with E-state index < -0.39 is 0 Å². The van der Waals surface area contributed by atoms with Crippen LogP contribution in [0.1, 0.15) is 60.3 Å². The third kappa shape index (κ3) is 2.03. The van der Waals surface area contributed by atoms with Crippen LogP contribution >= 0.6 is 0 Å². The number of rotatable bonds is 4. The second-order valence-corrected chi connectivity index (χ2v) is 5.07. The molecule has 2 nitrogen and oxygen atoms in total. The fourth-order valence-electron chi connectivity index (χ4n) is 3.34. The summed E-state index contributed by atoms with van der Waals surface area (Å²) in [4.78, 5) is 0. The first kappa shape index (κ1) is 14.3. The van der Waals surface area contributed by atoms with Crippen molar-refractivity contribution in [1.29, 1.82) is 0 Å². The van der Waals surface area contributed by atoms with Gasteiger partial charge in [0.05, 0.1) is 0 Å². The summed E-state index contributed by atoms with van der Waals surface area (Å²) in [5, 5.41) is 0. The van der Waals surface area contributed by atoms with E-state index in [1.165, 1.54) is 16.7 Å². The zero-order valence-electron chi connectivity index (χ0n) is 12.1. The Morgan fingerprint density at radius 2 is 1.53 bits per heavy atom. The van der Waals surface area contributed by atoms with E-state index >= 15 is 0 Å². The summed E-state index contributed by atoms with van der Waals surface area (Å²) in [5.74, 6) is 0.257. The zero-order chi connectivity index (χ0) is 13.2. The van der Waals surface area contributed by atoms with Gasteiger partial charge in [0.15, 0.2) is 0 Å². The SMILES string of the molecule is CCC1=C(N)C(C)C(N)(CC)C(CC)=C1CC. The number of nitrogens with two attached hydrogens (primary N) is 2. The third-order valence-electron chi connectivity index (χ3n) is 4.52. The summed E-state index contributed by atoms with van der Waals surface area (Å²) in [6.07, 6.45) is 4.05. The highest BCUT2D eigenvalue weighted by molar-refractivity contribution is 5.48. The highest BCUT2D eigenvalue weighted by Crippen LogP contribution is 2.43. The fraction of sp³-hybridized carbons (Fsp3) is 0.733. The predicted molar refractivity (Wildman–Crippen MR) is 75.5 cm³/mol. The smallest absolute Gasteiger partial charge is 0.0453 e. The van der Waals surface area contributed by atoms with Crippen LogP contribution in [0.5, 0.6) is 0 Å². The van der Waals surface area contributed by atoms with Crippen molar-refractivity contribution >= 4 is 0 Å². The van der Waals surface area contributed by atoms with E-state index in [-0.39, 0.29) is 11.5 Å². The molecule has 0 heterocycles. The molecule has 2 atom stereocenters. The second-order valence-electron chi connectivity index (χ2n) is 5.07. The normalized spacial score (nSPS) is 30.1. The molecule has 2 unspecified atom stereocenters. The van der Waals surface area contributed by atoms with Crippen LogP contribution in [-0.2, 0) is 0 Å². The molecule has 4 N–H and O–H groups in total. The van der Waals surface area contributed by atoms with Gasteiger partial charge in [0, 0.05) is 17.2 Å². The molecule has 1 aliphatic carbocycles. The van der Waals surface area contributed by atoms with Gasteiger partial charge in [-0.15, -0.1) is 0 Å². The largest absolute Gasteiger partial charge is 0.402 e. The Labute approximate surface area is 106 Å². The summed E-state index contributed by atoms with van der Waals surface area (Å²) in [6.45, 7) is 11.0. The molecular weight excluding hydrogens is 208 g/mol. The van der Waals surface area contributed by atoms with E-state index in [2.05, 4.69) is 34.6 Å². The van der Waals surface area contributed by atoms with Crippen LogP contribution in [0.3, 0.4) is 0 Å². The van der Waals surface area contributed by atoms with Crippen LogP contribution in [0.4, 0.5) is 0 Å². The highest BCUT2D eigenvalue weighted by atomic mass is 14.8. The molecule has 0 saturated heterocycles. The van der Waals surface area contributed by atoms with Crippen molar-refractivity contribution in [3.05, 3.63) is 22.4 Å². The van der Waals surface area contributed by atoms with Crippen molar-refractivity contribution in [2.24, 2.45) is 17.4 Å². The standard InChI is InChI=1S/C15H28N2/c1-6-11-12(7-2)14(16)10(5)15(17,9-4)13(11)8-3/h10H,6-9,16-17H2,1-5H3. The number of hydrogen-bond donors (Lipinski definition) is 2. The quantitative estimate of drug-likeness (QED) is 0.785. The molecule has 0 spiro atoms. The van der Waals surface area contributed by atoms with Gasteiger partial charge in [-0.05, 0) is 42.4 Å². The van der Waals surface area contributed by atoms with Gasteiger partial charge in [-0.3, -0.25) is 0 Å². The van der Waals surface area contributed by atoms with Gasteiger partial charge in [0.2, 0.25) is 0 Å². The van der Waals surface area contributed by atoms with E-state index in [9.17, 15) is 0 Å². The minimum Gasteiger partial charge on any atom is -0.402 e. The van der Waals surface area contributed by atoms with Crippen LogP contribution in [-0.4, -0.2) is 5.54 Å². The zero-order valence-corrected chi connectivity index (χ0v) is 12.1. The van der Waals surface area contributed by atoms with E-state index in [4.69, 9.17) is 11.5 Å². The molecule has 0 radical (unpaired) electrons. The van der Waals surface area contributed by atoms with Crippen LogP contribution in [0, 0.1) is 5.92 Å². The third-order valence-corrected chi connectivity index (χ3v) is 4.52. The van der Waals surface area contributed by atoms with Gasteiger partial charge in [-0.2, -0.15) is 0 Å². The lowest BCUT2D eigenvalue weighted by molar-refractivity contribution is 0.345. The first-order valence-electron chi connectivity index (χ1n) is 6.97. The Balaban J connectivity index is 3.46. The molecule has 0 amide bonds. The van der Waals surface area contributed by atoms with Crippen LogP contribution in [0.15, 0.2) is 22.4 Å². The van der Waals surface area contributed by atoms with E-state index in [0.29, 0.717) is 0 Å². The maximum absolute atomic E-state index is 6.66. The lowest BCUT2D eigenvalue weighted by atomic mass is 9.66. The molecule has 2 heteroatoms. The molecular formula is C15H28N2. The Bertz CT molecular complexity index is 352. The number of hydrogen-bond acceptors (Lipinski definition) is 2. The van der Waals surface area contributed by atoms with Crippen molar-refractivity contribution in [3.8, 4) is 0 Å². The number of allylic oxidation sites excluding steroid dienone is 2. The van der Waals surface area contributed by atoms with Gasteiger partial charge in [-0.1, -0.05) is 34.6 Å². The lowest BCUT2D eigenvalue weighted by Crippen LogP contribution is -2.51. The Hall–Kier alpha value is -0.760. The van der Waals surface area contributed by atoms with Crippen LogP contribution < -0.4 is 11.5 Å². The van der Waals surface area contributed by atoms with Crippen LogP contribution in [0.25, 0.3) is 0 Å². The van der Waals surface area contributed by atoms with Crippen molar-refractivity contribution < 1.29 is 0 Å². The van der Waals surface area contributed by atoms with Gasteiger partial charge >= 0.3 is 0 Å². The summed E-state index contributed by atoms with van der Waals surface area (Å²) >= 11 is 0. The molecule has 0 fully saturated rings. The summed E-state index contributed by atoms with van der Waals surface area (Å²) in [7, 11) is 0. The predicted octanol–water partition coefficient (Wildman–Crippen LogP) is 3.48. The van der Waals surface area contributed by atoms with Crippen molar-refractivity contribution in [2.45, 2.75) is 65.8 Å². The molecule has 1 aliphatic rings. The molecule has 0 aromatic rings.